The molecule has 2 nitrogen and oxygen atoms in total. The zero-order valence-electron chi connectivity index (χ0n) is 9.15. The first kappa shape index (κ1) is 11.1. The third-order valence-electron chi connectivity index (χ3n) is 2.52. The van der Waals surface area contributed by atoms with Gasteiger partial charge in [-0.25, -0.2) is 0 Å². The normalized spacial score (nSPS) is 10.4. The smallest absolute Gasteiger partial charge is 0.0650 e. The van der Waals surface area contributed by atoms with Crippen LogP contribution < -0.4 is 0 Å². The highest BCUT2D eigenvalue weighted by atomic mass is 35.5. The zero-order chi connectivity index (χ0) is 11.4. The molecule has 0 fully saturated rings. The lowest BCUT2D eigenvalue weighted by atomic mass is 10.1. The van der Waals surface area contributed by atoms with Crippen LogP contribution in [0.4, 0.5) is 0 Å². The van der Waals surface area contributed by atoms with Crippen molar-refractivity contribution in [3.05, 3.63) is 58.6 Å². The van der Waals surface area contributed by atoms with Crippen molar-refractivity contribution < 1.29 is 0 Å². The van der Waals surface area contributed by atoms with Gasteiger partial charge in [-0.05, 0) is 43.5 Å². The molecule has 82 valence electrons. The van der Waals surface area contributed by atoms with Gasteiger partial charge in [0.15, 0.2) is 0 Å². The molecule has 2 aromatic heterocycles. The third-order valence-corrected chi connectivity index (χ3v) is 3.04. The summed E-state index contributed by atoms with van der Waals surface area (Å²) < 4.78 is 0. The number of pyridine rings is 2. The number of aryl methyl sites for hydroxylation is 3. The van der Waals surface area contributed by atoms with Crippen LogP contribution in [0, 0.1) is 6.92 Å². The quantitative estimate of drug-likeness (QED) is 0.812. The lowest BCUT2D eigenvalue weighted by Crippen LogP contribution is -1.96. The number of halogens is 1. The first-order chi connectivity index (χ1) is 7.77. The van der Waals surface area contributed by atoms with Crippen LogP contribution in [0.1, 0.15) is 17.0 Å². The van der Waals surface area contributed by atoms with Gasteiger partial charge in [0.2, 0.25) is 0 Å². The van der Waals surface area contributed by atoms with Gasteiger partial charge < -0.3 is 0 Å². The van der Waals surface area contributed by atoms with Crippen LogP contribution in [0.15, 0.2) is 36.7 Å². The maximum atomic E-state index is 6.18. The molecule has 0 N–H and O–H groups in total. The van der Waals surface area contributed by atoms with E-state index in [1.54, 1.807) is 6.20 Å². The van der Waals surface area contributed by atoms with Crippen LogP contribution in [0.25, 0.3) is 0 Å². The Bertz CT molecular complexity index is 469. The topological polar surface area (TPSA) is 25.8 Å². The highest BCUT2D eigenvalue weighted by Gasteiger charge is 2.04. The molecule has 0 spiro atoms. The SMILES string of the molecule is Cc1nccc(CCc2ccccn2)c1Cl. The second-order valence-electron chi connectivity index (χ2n) is 3.69. The molecule has 0 unspecified atom stereocenters. The van der Waals surface area contributed by atoms with E-state index in [1.807, 2.05) is 37.4 Å². The summed E-state index contributed by atoms with van der Waals surface area (Å²) in [6.45, 7) is 1.92. The van der Waals surface area contributed by atoms with Gasteiger partial charge >= 0.3 is 0 Å². The molecule has 0 aliphatic heterocycles. The summed E-state index contributed by atoms with van der Waals surface area (Å²) in [7, 11) is 0. The summed E-state index contributed by atoms with van der Waals surface area (Å²) in [4.78, 5) is 8.43. The van der Waals surface area contributed by atoms with Crippen molar-refractivity contribution in [2.75, 3.05) is 0 Å². The Morgan fingerprint density at radius 2 is 1.94 bits per heavy atom. The van der Waals surface area contributed by atoms with Crippen molar-refractivity contribution in [3.63, 3.8) is 0 Å². The lowest BCUT2D eigenvalue weighted by molar-refractivity contribution is 0.908. The largest absolute Gasteiger partial charge is 0.261 e. The molecule has 3 heteroatoms. The molecular formula is C13H13ClN2. The van der Waals surface area contributed by atoms with Gasteiger partial charge in [-0.2, -0.15) is 0 Å². The fraction of sp³-hybridized carbons (Fsp3) is 0.231. The molecule has 2 aromatic rings. The van der Waals surface area contributed by atoms with Gasteiger partial charge in [-0.15, -0.1) is 0 Å². The Balaban J connectivity index is 2.08. The van der Waals surface area contributed by atoms with Crippen molar-refractivity contribution in [3.8, 4) is 0 Å². The van der Waals surface area contributed by atoms with Crippen LogP contribution >= 0.6 is 11.6 Å². The Morgan fingerprint density at radius 1 is 1.06 bits per heavy atom. The fourth-order valence-electron chi connectivity index (χ4n) is 1.60. The molecule has 0 saturated heterocycles. The van der Waals surface area contributed by atoms with Crippen molar-refractivity contribution in [2.24, 2.45) is 0 Å². The summed E-state index contributed by atoms with van der Waals surface area (Å²) in [6.07, 6.45) is 5.42. The van der Waals surface area contributed by atoms with Crippen molar-refractivity contribution >= 4 is 11.6 Å². The van der Waals surface area contributed by atoms with Gasteiger partial charge in [0.25, 0.3) is 0 Å². The van der Waals surface area contributed by atoms with Crippen molar-refractivity contribution in [2.45, 2.75) is 19.8 Å². The van der Waals surface area contributed by atoms with Crippen molar-refractivity contribution in [1.82, 2.24) is 9.97 Å². The second kappa shape index (κ2) is 5.08. The second-order valence-corrected chi connectivity index (χ2v) is 4.07. The van der Waals surface area contributed by atoms with E-state index in [0.717, 1.165) is 34.8 Å². The van der Waals surface area contributed by atoms with Crippen LogP contribution in [-0.4, -0.2) is 9.97 Å². The van der Waals surface area contributed by atoms with Gasteiger partial charge in [-0.1, -0.05) is 17.7 Å². The van der Waals surface area contributed by atoms with E-state index in [4.69, 9.17) is 11.6 Å². The predicted octanol–water partition coefficient (Wildman–Crippen LogP) is 3.22. The maximum Gasteiger partial charge on any atom is 0.0650 e. The summed E-state index contributed by atoms with van der Waals surface area (Å²) in [6, 6.07) is 7.93. The van der Waals surface area contributed by atoms with Crippen LogP contribution in [-0.2, 0) is 12.8 Å². The van der Waals surface area contributed by atoms with E-state index in [1.165, 1.54) is 0 Å². The molecule has 0 aliphatic carbocycles. The van der Waals surface area contributed by atoms with Crippen LogP contribution in [0.3, 0.4) is 0 Å². The average molecular weight is 233 g/mol. The molecule has 0 radical (unpaired) electrons. The van der Waals surface area contributed by atoms with E-state index >= 15 is 0 Å². The standard InChI is InChI=1S/C13H13ClN2/c1-10-13(14)11(7-9-15-10)5-6-12-4-2-3-8-16-12/h2-4,7-9H,5-6H2,1H3. The molecular weight excluding hydrogens is 220 g/mol. The predicted molar refractivity (Wildman–Crippen MR) is 65.6 cm³/mol. The first-order valence-corrected chi connectivity index (χ1v) is 5.65. The Morgan fingerprint density at radius 3 is 2.69 bits per heavy atom. The Labute approximate surface area is 100 Å². The van der Waals surface area contributed by atoms with Gasteiger partial charge in [-0.3, -0.25) is 9.97 Å². The molecule has 0 bridgehead atoms. The first-order valence-electron chi connectivity index (χ1n) is 5.27. The number of aromatic nitrogens is 2. The highest BCUT2D eigenvalue weighted by Crippen LogP contribution is 2.19. The molecule has 0 aromatic carbocycles. The zero-order valence-corrected chi connectivity index (χ0v) is 9.91. The molecule has 0 amide bonds. The van der Waals surface area contributed by atoms with Gasteiger partial charge in [0.1, 0.15) is 0 Å². The third kappa shape index (κ3) is 2.58. The van der Waals surface area contributed by atoms with E-state index in [0.29, 0.717) is 0 Å². The molecule has 16 heavy (non-hydrogen) atoms. The fourth-order valence-corrected chi connectivity index (χ4v) is 1.81. The van der Waals surface area contributed by atoms with Crippen LogP contribution in [0.5, 0.6) is 0 Å². The number of nitrogens with zero attached hydrogens (tertiary/aromatic N) is 2. The monoisotopic (exact) mass is 232 g/mol. The number of rotatable bonds is 3. The Kier molecular flexibility index (Phi) is 3.52. The molecule has 0 atom stereocenters. The summed E-state index contributed by atoms with van der Waals surface area (Å²) in [5.74, 6) is 0. The average Bonchev–Trinajstić information content (AvgIpc) is 2.32. The minimum atomic E-state index is 0.776. The summed E-state index contributed by atoms with van der Waals surface area (Å²) in [5, 5.41) is 0.776. The van der Waals surface area contributed by atoms with Gasteiger partial charge in [0, 0.05) is 18.1 Å². The summed E-state index contributed by atoms with van der Waals surface area (Å²) in [5.41, 5.74) is 3.12. The molecule has 2 rings (SSSR count). The lowest BCUT2D eigenvalue weighted by Gasteiger charge is -2.05. The van der Waals surface area contributed by atoms with Crippen molar-refractivity contribution in [1.29, 1.82) is 0 Å². The van der Waals surface area contributed by atoms with E-state index in [-0.39, 0.29) is 0 Å². The van der Waals surface area contributed by atoms with Crippen LogP contribution in [0.2, 0.25) is 5.02 Å². The molecule has 0 saturated carbocycles. The van der Waals surface area contributed by atoms with Gasteiger partial charge in [0.05, 0.1) is 10.7 Å². The molecule has 0 aliphatic rings. The number of hydrogen-bond donors (Lipinski definition) is 0. The van der Waals surface area contributed by atoms with E-state index in [9.17, 15) is 0 Å². The Hall–Kier alpha value is -1.41. The van der Waals surface area contributed by atoms with E-state index in [2.05, 4.69) is 9.97 Å². The minimum Gasteiger partial charge on any atom is -0.261 e. The highest BCUT2D eigenvalue weighted by molar-refractivity contribution is 6.31. The van der Waals surface area contributed by atoms with E-state index < -0.39 is 0 Å². The number of hydrogen-bond acceptors (Lipinski definition) is 2. The summed E-state index contributed by atoms with van der Waals surface area (Å²) >= 11 is 6.18. The molecule has 2 heterocycles. The maximum absolute atomic E-state index is 6.18. The minimum absolute atomic E-state index is 0.776.